The Balaban J connectivity index is 1.44. The van der Waals surface area contributed by atoms with Crippen molar-refractivity contribution in [2.45, 2.75) is 45.6 Å². The lowest BCUT2D eigenvalue weighted by atomic mass is 10.1. The number of aryl methyl sites for hydroxylation is 1. The number of carbonyl (C=O) groups excluding carboxylic acids is 1. The van der Waals surface area contributed by atoms with Crippen molar-refractivity contribution in [1.82, 2.24) is 4.90 Å². The summed E-state index contributed by atoms with van der Waals surface area (Å²) in [4.78, 5) is 14.7. The third-order valence-corrected chi connectivity index (χ3v) is 4.96. The van der Waals surface area contributed by atoms with E-state index in [-0.39, 0.29) is 5.91 Å². The molecule has 1 aliphatic rings. The van der Waals surface area contributed by atoms with E-state index in [1.54, 1.807) is 0 Å². The van der Waals surface area contributed by atoms with Gasteiger partial charge in [0.2, 0.25) is 5.91 Å². The molecule has 3 heteroatoms. The molecule has 0 radical (unpaired) electrons. The van der Waals surface area contributed by atoms with E-state index in [1.165, 1.54) is 43.5 Å². The molecule has 2 aromatic carbocycles. The molecule has 0 atom stereocenters. The van der Waals surface area contributed by atoms with Crippen LogP contribution in [-0.4, -0.2) is 23.9 Å². The third kappa shape index (κ3) is 6.27. The molecule has 1 heterocycles. The van der Waals surface area contributed by atoms with E-state index >= 15 is 0 Å². The van der Waals surface area contributed by atoms with Crippen molar-refractivity contribution in [3.05, 3.63) is 65.2 Å². The van der Waals surface area contributed by atoms with Gasteiger partial charge in [-0.05, 0) is 74.7 Å². The molecule has 1 fully saturated rings. The second kappa shape index (κ2) is 9.94. The maximum Gasteiger partial charge on any atom is 0.224 e. The first kappa shape index (κ1) is 19.2. The summed E-state index contributed by atoms with van der Waals surface area (Å²) in [7, 11) is 0. The summed E-state index contributed by atoms with van der Waals surface area (Å²) in [5.41, 5.74) is 4.35. The molecule has 0 saturated carbocycles. The zero-order valence-corrected chi connectivity index (χ0v) is 16.1. The van der Waals surface area contributed by atoms with Crippen molar-refractivity contribution in [3.8, 4) is 11.8 Å². The van der Waals surface area contributed by atoms with Gasteiger partial charge in [-0.3, -0.25) is 9.69 Å². The lowest BCUT2D eigenvalue weighted by molar-refractivity contribution is -0.116. The standard InChI is InChI=1S/C24H28N2O/c1-2-6-20-11-14-23(15-12-20)25-24(27)16-13-21-7-9-22(10-8-21)19-26-17-4-3-5-18-26/h7-12,14-15H,3-5,13,16-19H2,1H3,(H,25,27). The molecule has 3 rings (SSSR count). The molecule has 2 aromatic rings. The van der Waals surface area contributed by atoms with E-state index in [2.05, 4.69) is 46.3 Å². The Labute approximate surface area is 162 Å². The highest BCUT2D eigenvalue weighted by atomic mass is 16.1. The summed E-state index contributed by atoms with van der Waals surface area (Å²) in [6.45, 7) is 5.29. The number of nitrogens with zero attached hydrogens (tertiary/aromatic N) is 1. The van der Waals surface area contributed by atoms with Crippen LogP contribution in [0.3, 0.4) is 0 Å². The van der Waals surface area contributed by atoms with Gasteiger partial charge in [0, 0.05) is 24.2 Å². The molecule has 140 valence electrons. The number of hydrogen-bond donors (Lipinski definition) is 1. The highest BCUT2D eigenvalue weighted by molar-refractivity contribution is 5.90. The number of rotatable bonds is 6. The van der Waals surface area contributed by atoms with Crippen molar-refractivity contribution in [3.63, 3.8) is 0 Å². The Kier molecular flexibility index (Phi) is 7.07. The summed E-state index contributed by atoms with van der Waals surface area (Å²) in [5, 5.41) is 2.95. The van der Waals surface area contributed by atoms with Crippen LogP contribution in [0.15, 0.2) is 48.5 Å². The van der Waals surface area contributed by atoms with E-state index in [0.717, 1.165) is 24.2 Å². The summed E-state index contributed by atoms with van der Waals surface area (Å²) < 4.78 is 0. The summed E-state index contributed by atoms with van der Waals surface area (Å²) in [6, 6.07) is 16.4. The van der Waals surface area contributed by atoms with Crippen molar-refractivity contribution in [2.75, 3.05) is 18.4 Å². The number of hydrogen-bond acceptors (Lipinski definition) is 2. The van der Waals surface area contributed by atoms with Crippen LogP contribution in [-0.2, 0) is 17.8 Å². The van der Waals surface area contributed by atoms with Gasteiger partial charge in [-0.25, -0.2) is 0 Å². The first-order chi connectivity index (χ1) is 13.2. The number of nitrogens with one attached hydrogen (secondary N) is 1. The Morgan fingerprint density at radius 3 is 2.30 bits per heavy atom. The van der Waals surface area contributed by atoms with Crippen molar-refractivity contribution < 1.29 is 4.79 Å². The largest absolute Gasteiger partial charge is 0.326 e. The minimum Gasteiger partial charge on any atom is -0.326 e. The second-order valence-electron chi connectivity index (χ2n) is 7.15. The third-order valence-electron chi connectivity index (χ3n) is 4.96. The van der Waals surface area contributed by atoms with Crippen LogP contribution in [0.1, 0.15) is 49.3 Å². The molecule has 27 heavy (non-hydrogen) atoms. The minimum absolute atomic E-state index is 0.0433. The van der Waals surface area contributed by atoms with Crippen molar-refractivity contribution >= 4 is 11.6 Å². The molecule has 1 saturated heterocycles. The van der Waals surface area contributed by atoms with E-state index in [4.69, 9.17) is 0 Å². The zero-order valence-electron chi connectivity index (χ0n) is 16.1. The Hall–Kier alpha value is -2.57. The predicted molar refractivity (Wildman–Crippen MR) is 112 cm³/mol. The molecule has 3 nitrogen and oxygen atoms in total. The van der Waals surface area contributed by atoms with E-state index < -0.39 is 0 Å². The average Bonchev–Trinajstić information content (AvgIpc) is 2.70. The van der Waals surface area contributed by atoms with Crippen LogP contribution in [0.25, 0.3) is 0 Å². The Morgan fingerprint density at radius 1 is 0.963 bits per heavy atom. The van der Waals surface area contributed by atoms with Gasteiger partial charge in [0.05, 0.1) is 0 Å². The quantitative estimate of drug-likeness (QED) is 0.763. The van der Waals surface area contributed by atoms with Gasteiger partial charge in [-0.15, -0.1) is 5.92 Å². The summed E-state index contributed by atoms with van der Waals surface area (Å²) in [6.07, 6.45) is 5.26. The maximum atomic E-state index is 12.2. The van der Waals surface area contributed by atoms with Crippen LogP contribution in [0.5, 0.6) is 0 Å². The number of likely N-dealkylation sites (tertiary alicyclic amines) is 1. The molecule has 0 unspecified atom stereocenters. The van der Waals surface area contributed by atoms with E-state index in [1.807, 2.05) is 31.2 Å². The fraction of sp³-hybridized carbons (Fsp3) is 0.375. The summed E-state index contributed by atoms with van der Waals surface area (Å²) in [5.74, 6) is 5.91. The fourth-order valence-corrected chi connectivity index (χ4v) is 3.45. The van der Waals surface area contributed by atoms with Crippen LogP contribution < -0.4 is 5.32 Å². The molecule has 1 N–H and O–H groups in total. The molecule has 0 spiro atoms. The van der Waals surface area contributed by atoms with Crippen LogP contribution in [0.4, 0.5) is 5.69 Å². The van der Waals surface area contributed by atoms with Crippen LogP contribution in [0.2, 0.25) is 0 Å². The monoisotopic (exact) mass is 360 g/mol. The number of benzene rings is 2. The second-order valence-corrected chi connectivity index (χ2v) is 7.15. The first-order valence-corrected chi connectivity index (χ1v) is 9.86. The van der Waals surface area contributed by atoms with Gasteiger partial charge in [0.25, 0.3) is 0 Å². The van der Waals surface area contributed by atoms with E-state index in [9.17, 15) is 4.79 Å². The van der Waals surface area contributed by atoms with E-state index in [0.29, 0.717) is 6.42 Å². The van der Waals surface area contributed by atoms with Gasteiger partial charge in [0.15, 0.2) is 0 Å². The number of carbonyl (C=O) groups is 1. The topological polar surface area (TPSA) is 32.3 Å². The van der Waals surface area contributed by atoms with Gasteiger partial charge in [0.1, 0.15) is 0 Å². The van der Waals surface area contributed by atoms with Crippen molar-refractivity contribution in [1.29, 1.82) is 0 Å². The number of amides is 1. The van der Waals surface area contributed by atoms with Crippen molar-refractivity contribution in [2.24, 2.45) is 0 Å². The Bertz CT molecular complexity index is 791. The molecule has 0 aliphatic carbocycles. The molecule has 1 amide bonds. The van der Waals surface area contributed by atoms with Gasteiger partial charge in [-0.2, -0.15) is 0 Å². The summed E-state index contributed by atoms with van der Waals surface area (Å²) >= 11 is 0. The van der Waals surface area contributed by atoms with Crippen LogP contribution in [0, 0.1) is 11.8 Å². The molecular weight excluding hydrogens is 332 g/mol. The molecule has 0 bridgehead atoms. The lowest BCUT2D eigenvalue weighted by Crippen LogP contribution is -2.29. The number of anilines is 1. The van der Waals surface area contributed by atoms with Gasteiger partial charge in [-0.1, -0.05) is 36.6 Å². The highest BCUT2D eigenvalue weighted by Gasteiger charge is 2.10. The maximum absolute atomic E-state index is 12.2. The minimum atomic E-state index is 0.0433. The SMILES string of the molecule is CC#Cc1ccc(NC(=O)CCc2ccc(CN3CCCCC3)cc2)cc1. The zero-order chi connectivity index (χ0) is 18.9. The Morgan fingerprint density at radius 2 is 1.63 bits per heavy atom. The molecular formula is C24H28N2O. The van der Waals surface area contributed by atoms with Gasteiger partial charge < -0.3 is 5.32 Å². The molecule has 1 aliphatic heterocycles. The molecule has 0 aromatic heterocycles. The average molecular weight is 361 g/mol. The highest BCUT2D eigenvalue weighted by Crippen LogP contribution is 2.15. The number of piperidine rings is 1. The first-order valence-electron chi connectivity index (χ1n) is 9.86. The van der Waals surface area contributed by atoms with Crippen LogP contribution >= 0.6 is 0 Å². The normalized spacial score (nSPS) is 14.3. The fourth-order valence-electron chi connectivity index (χ4n) is 3.45. The predicted octanol–water partition coefficient (Wildman–Crippen LogP) is 4.62. The van der Waals surface area contributed by atoms with Gasteiger partial charge >= 0.3 is 0 Å². The lowest BCUT2D eigenvalue weighted by Gasteiger charge is -2.26. The smallest absolute Gasteiger partial charge is 0.224 e.